The van der Waals surface area contributed by atoms with Crippen LogP contribution in [-0.2, 0) is 20.1 Å². The summed E-state index contributed by atoms with van der Waals surface area (Å²) in [5.74, 6) is 0.345. The molecule has 96 valence electrons. The molecule has 18 heavy (non-hydrogen) atoms. The minimum absolute atomic E-state index is 0.0198. The Hall–Kier alpha value is -1.87. The van der Waals surface area contributed by atoms with Crippen LogP contribution in [0, 0.1) is 0 Å². The second-order valence-electron chi connectivity index (χ2n) is 4.02. The molecule has 0 atom stereocenters. The molecule has 7 nitrogen and oxygen atoms in total. The molecule has 9 heteroatoms. The Morgan fingerprint density at radius 2 is 2.11 bits per heavy atom. The van der Waals surface area contributed by atoms with E-state index in [0.29, 0.717) is 22.7 Å². The lowest BCUT2D eigenvalue weighted by atomic mass is 10.4. The zero-order valence-electron chi connectivity index (χ0n) is 9.46. The number of imidazole rings is 1. The van der Waals surface area contributed by atoms with Gasteiger partial charge in [-0.25, -0.2) is 9.97 Å². The Labute approximate surface area is 100 Å². The van der Waals surface area contributed by atoms with Gasteiger partial charge >= 0.3 is 6.55 Å². The smallest absolute Gasteiger partial charge is 0.327 e. The summed E-state index contributed by atoms with van der Waals surface area (Å²) in [4.78, 5) is 8.04. The van der Waals surface area contributed by atoms with E-state index in [0.717, 1.165) is 17.1 Å². The first-order valence-electron chi connectivity index (χ1n) is 5.24. The van der Waals surface area contributed by atoms with Gasteiger partial charge in [-0.2, -0.15) is 23.6 Å². The number of hydrogen-bond acceptors (Lipinski definition) is 5. The normalized spacial score (nSPS) is 15.6. The summed E-state index contributed by atoms with van der Waals surface area (Å²) in [5.41, 5.74) is 1.45. The summed E-state index contributed by atoms with van der Waals surface area (Å²) in [6, 6.07) is 0. The molecule has 0 amide bonds. The van der Waals surface area contributed by atoms with Crippen LogP contribution in [0.4, 0.5) is 8.78 Å². The predicted molar refractivity (Wildman–Crippen MR) is 54.5 cm³/mol. The number of rotatable bonds is 2. The average Bonchev–Trinajstić information content (AvgIpc) is 2.95. The van der Waals surface area contributed by atoms with Gasteiger partial charge in [0, 0.05) is 7.05 Å². The second kappa shape index (κ2) is 3.82. The van der Waals surface area contributed by atoms with Crippen LogP contribution < -0.4 is 0 Å². The third-order valence-corrected chi connectivity index (χ3v) is 2.92. The predicted octanol–water partition coefficient (Wildman–Crippen LogP) is 0.778. The van der Waals surface area contributed by atoms with E-state index in [-0.39, 0.29) is 12.4 Å². The van der Waals surface area contributed by atoms with Gasteiger partial charge in [0.2, 0.25) is 0 Å². The average molecular weight is 256 g/mol. The van der Waals surface area contributed by atoms with Gasteiger partial charge in [-0.1, -0.05) is 0 Å². The molecule has 2 aromatic rings. The molecule has 2 aromatic heterocycles. The monoisotopic (exact) mass is 256 g/mol. The molecule has 1 N–H and O–H groups in total. The highest BCUT2D eigenvalue weighted by atomic mass is 19.3. The van der Waals surface area contributed by atoms with Gasteiger partial charge in [0.25, 0.3) is 0 Å². The maximum atomic E-state index is 12.7. The third-order valence-electron chi connectivity index (χ3n) is 2.92. The Morgan fingerprint density at radius 1 is 1.33 bits per heavy atom. The Morgan fingerprint density at radius 3 is 2.78 bits per heavy atom. The quantitative estimate of drug-likeness (QED) is 0.859. The van der Waals surface area contributed by atoms with Crippen molar-refractivity contribution >= 4 is 0 Å². The molecule has 0 saturated carbocycles. The van der Waals surface area contributed by atoms with Crippen LogP contribution in [0.2, 0.25) is 0 Å². The van der Waals surface area contributed by atoms with Crippen molar-refractivity contribution in [2.45, 2.75) is 19.6 Å². The maximum absolute atomic E-state index is 12.7. The van der Waals surface area contributed by atoms with Crippen molar-refractivity contribution in [3.63, 3.8) is 0 Å². The SMILES string of the molecule is Cn1c(-c2ncnn2C(F)F)nc2c1CN(O)C2. The molecule has 0 bridgehead atoms. The number of aromatic nitrogens is 5. The Kier molecular flexibility index (Phi) is 2.38. The first kappa shape index (κ1) is 11.2. The van der Waals surface area contributed by atoms with Gasteiger partial charge in [0.1, 0.15) is 6.33 Å². The lowest BCUT2D eigenvalue weighted by molar-refractivity contribution is -0.0984. The van der Waals surface area contributed by atoms with Gasteiger partial charge in [0.05, 0.1) is 24.5 Å². The van der Waals surface area contributed by atoms with Crippen LogP contribution in [0.1, 0.15) is 17.9 Å². The maximum Gasteiger partial charge on any atom is 0.335 e. The molecular weight excluding hydrogens is 246 g/mol. The van der Waals surface area contributed by atoms with Crippen LogP contribution in [0.25, 0.3) is 11.6 Å². The van der Waals surface area contributed by atoms with E-state index in [4.69, 9.17) is 0 Å². The van der Waals surface area contributed by atoms with E-state index < -0.39 is 6.55 Å². The first-order chi connectivity index (χ1) is 8.58. The van der Waals surface area contributed by atoms with E-state index in [1.807, 2.05) is 0 Å². The van der Waals surface area contributed by atoms with Gasteiger partial charge in [0.15, 0.2) is 11.6 Å². The number of alkyl halides is 2. The van der Waals surface area contributed by atoms with E-state index in [1.54, 1.807) is 11.6 Å². The fourth-order valence-corrected chi connectivity index (χ4v) is 2.07. The summed E-state index contributed by atoms with van der Waals surface area (Å²) < 4.78 is 27.6. The van der Waals surface area contributed by atoms with E-state index >= 15 is 0 Å². The molecule has 0 radical (unpaired) electrons. The number of hydrogen-bond donors (Lipinski definition) is 1. The summed E-state index contributed by atoms with van der Waals surface area (Å²) in [6.45, 7) is -2.16. The van der Waals surface area contributed by atoms with Crippen molar-refractivity contribution in [2.24, 2.45) is 7.05 Å². The molecule has 3 heterocycles. The molecule has 1 aliphatic rings. The molecule has 0 fully saturated rings. The second-order valence-corrected chi connectivity index (χ2v) is 4.02. The lowest BCUT2D eigenvalue weighted by Gasteiger charge is -2.08. The van der Waals surface area contributed by atoms with E-state index in [2.05, 4.69) is 15.1 Å². The van der Waals surface area contributed by atoms with Gasteiger partial charge in [-0.05, 0) is 0 Å². The minimum atomic E-state index is -2.76. The Bertz CT molecular complexity index is 592. The van der Waals surface area contributed by atoms with Gasteiger partial charge in [-0.3, -0.25) is 0 Å². The molecule has 0 saturated heterocycles. The highest BCUT2D eigenvalue weighted by Crippen LogP contribution is 2.27. The highest BCUT2D eigenvalue weighted by Gasteiger charge is 2.27. The van der Waals surface area contributed by atoms with Crippen LogP contribution in [-0.4, -0.2) is 34.6 Å². The molecule has 1 aliphatic heterocycles. The molecule has 0 aromatic carbocycles. The highest BCUT2D eigenvalue weighted by molar-refractivity contribution is 5.47. The van der Waals surface area contributed by atoms with Gasteiger partial charge in [-0.15, -0.1) is 0 Å². The van der Waals surface area contributed by atoms with E-state index in [9.17, 15) is 14.0 Å². The zero-order chi connectivity index (χ0) is 12.9. The fourth-order valence-electron chi connectivity index (χ4n) is 2.07. The molecule has 0 aliphatic carbocycles. The van der Waals surface area contributed by atoms with Crippen molar-refractivity contribution in [2.75, 3.05) is 0 Å². The van der Waals surface area contributed by atoms with Crippen LogP contribution in [0.5, 0.6) is 0 Å². The van der Waals surface area contributed by atoms with Crippen molar-refractivity contribution < 1.29 is 14.0 Å². The summed E-state index contributed by atoms with van der Waals surface area (Å²) in [6.07, 6.45) is 1.07. The summed E-state index contributed by atoms with van der Waals surface area (Å²) >= 11 is 0. The lowest BCUT2D eigenvalue weighted by Crippen LogP contribution is -2.13. The molecule has 3 rings (SSSR count). The van der Waals surface area contributed by atoms with Crippen LogP contribution in [0.3, 0.4) is 0 Å². The van der Waals surface area contributed by atoms with Crippen molar-refractivity contribution in [1.29, 1.82) is 0 Å². The van der Waals surface area contributed by atoms with Crippen molar-refractivity contribution in [3.8, 4) is 11.6 Å². The molecular formula is C9H10F2N6O. The largest absolute Gasteiger partial charge is 0.335 e. The van der Waals surface area contributed by atoms with Gasteiger partial charge < -0.3 is 9.77 Å². The standard InChI is InChI=1S/C9H10F2N6O/c1-15-6-3-16(18)2-5(6)14-8(15)7-12-4-13-17(7)9(10)11/h4,9,18H,2-3H2,1H3. The van der Waals surface area contributed by atoms with Crippen molar-refractivity contribution in [1.82, 2.24) is 29.4 Å². The molecule has 0 unspecified atom stereocenters. The van der Waals surface area contributed by atoms with E-state index in [1.165, 1.54) is 0 Å². The number of halogens is 2. The summed E-state index contributed by atoms with van der Waals surface area (Å²) in [7, 11) is 1.70. The van der Waals surface area contributed by atoms with Crippen molar-refractivity contribution in [3.05, 3.63) is 17.7 Å². The van der Waals surface area contributed by atoms with Crippen LogP contribution in [0.15, 0.2) is 6.33 Å². The first-order valence-corrected chi connectivity index (χ1v) is 5.24. The molecule has 0 spiro atoms. The zero-order valence-corrected chi connectivity index (χ0v) is 9.46. The third kappa shape index (κ3) is 1.51. The summed E-state index contributed by atoms with van der Waals surface area (Å²) in [5, 5.41) is 13.9. The topological polar surface area (TPSA) is 72.0 Å². The number of nitrogens with zero attached hydrogens (tertiary/aromatic N) is 6. The Balaban J connectivity index is 2.09. The number of hydroxylamine groups is 2. The fraction of sp³-hybridized carbons (Fsp3) is 0.444. The minimum Gasteiger partial charge on any atom is -0.327 e. The number of fused-ring (bicyclic) bond motifs is 1. The van der Waals surface area contributed by atoms with Crippen LogP contribution >= 0.6 is 0 Å².